The number of amides is 2. The number of carbonyl (C=O) groups is 2. The number of nitrogens with zero attached hydrogens (tertiary/aromatic N) is 1. The minimum Gasteiger partial charge on any atom is -0.354 e. The molecule has 9 heteroatoms. The van der Waals surface area contributed by atoms with Crippen molar-refractivity contribution in [1.82, 2.24) is 14.9 Å². The van der Waals surface area contributed by atoms with E-state index in [0.717, 1.165) is 36.0 Å². The lowest BCUT2D eigenvalue weighted by Crippen LogP contribution is -2.50. The summed E-state index contributed by atoms with van der Waals surface area (Å²) < 4.78 is 27.7. The van der Waals surface area contributed by atoms with E-state index < -0.39 is 16.1 Å². The molecule has 40 heavy (non-hydrogen) atoms. The number of halogens is 1. The maximum atomic E-state index is 13.8. The van der Waals surface area contributed by atoms with E-state index in [9.17, 15) is 18.0 Å². The van der Waals surface area contributed by atoms with Crippen molar-refractivity contribution in [1.29, 1.82) is 0 Å². The fraction of sp³-hybridized carbons (Fsp3) is 0.355. The maximum Gasteiger partial charge on any atom is 0.243 e. The molecule has 1 aliphatic carbocycles. The van der Waals surface area contributed by atoms with Crippen LogP contribution in [0, 0.1) is 0 Å². The van der Waals surface area contributed by atoms with Gasteiger partial charge >= 0.3 is 0 Å². The molecule has 0 spiro atoms. The minimum absolute atomic E-state index is 0.0345. The van der Waals surface area contributed by atoms with Crippen LogP contribution in [-0.2, 0) is 39.0 Å². The summed E-state index contributed by atoms with van der Waals surface area (Å²) in [5.74, 6) is -0.347. The highest BCUT2D eigenvalue weighted by atomic mass is 35.5. The van der Waals surface area contributed by atoms with E-state index >= 15 is 0 Å². The predicted octanol–water partition coefficient (Wildman–Crippen LogP) is 4.88. The first kappa shape index (κ1) is 29.8. The fourth-order valence-corrected chi connectivity index (χ4v) is 5.86. The molecule has 1 fully saturated rings. The molecule has 0 unspecified atom stereocenters. The fourth-order valence-electron chi connectivity index (χ4n) is 4.43. The summed E-state index contributed by atoms with van der Waals surface area (Å²) in [6.45, 7) is 2.77. The Labute approximate surface area is 242 Å². The number of nitrogens with one attached hydrogen (secondary N) is 2. The summed E-state index contributed by atoms with van der Waals surface area (Å²) in [6.07, 6.45) is 3.50. The number of hydrogen-bond acceptors (Lipinski definition) is 4. The van der Waals surface area contributed by atoms with Gasteiger partial charge in [-0.2, -0.15) is 0 Å². The number of carbonyl (C=O) groups excluding carboxylic acids is 2. The zero-order valence-electron chi connectivity index (χ0n) is 22.7. The van der Waals surface area contributed by atoms with E-state index in [2.05, 4.69) is 10.0 Å². The molecule has 3 aromatic carbocycles. The Morgan fingerprint density at radius 2 is 1.57 bits per heavy atom. The second kappa shape index (κ2) is 13.9. The van der Waals surface area contributed by atoms with Crippen LogP contribution in [0.25, 0.3) is 0 Å². The van der Waals surface area contributed by atoms with Crippen LogP contribution in [0.3, 0.4) is 0 Å². The van der Waals surface area contributed by atoms with Crippen molar-refractivity contribution in [2.24, 2.45) is 0 Å². The van der Waals surface area contributed by atoms with Gasteiger partial charge in [-0.1, -0.05) is 73.1 Å². The number of benzene rings is 3. The first-order valence-corrected chi connectivity index (χ1v) is 15.6. The molecule has 0 bridgehead atoms. The standard InChI is InChI=1S/C31H36ClN3O4S/c1-2-20-33-31(37)29(21-24-6-4-3-5-7-24)35(22-25-8-13-26(32)14-9-25)30(36)19-12-23-10-17-28(18-11-23)40(38,39)34-27-15-16-27/h3-11,13-14,17-18,27,29,34H,2,12,15-16,19-22H2,1H3,(H,33,37)/t29-/m1/s1. The van der Waals surface area contributed by atoms with Gasteiger partial charge in [-0.25, -0.2) is 13.1 Å². The van der Waals surface area contributed by atoms with Gasteiger partial charge in [0.25, 0.3) is 0 Å². The second-order valence-corrected chi connectivity index (χ2v) is 12.3. The number of hydrogen-bond donors (Lipinski definition) is 2. The van der Waals surface area contributed by atoms with Gasteiger partial charge in [0.2, 0.25) is 21.8 Å². The third-order valence-corrected chi connectivity index (χ3v) is 8.64. The Kier molecular flexibility index (Phi) is 10.4. The van der Waals surface area contributed by atoms with Gasteiger partial charge in [-0.3, -0.25) is 9.59 Å². The molecule has 2 N–H and O–H groups in total. The largest absolute Gasteiger partial charge is 0.354 e. The van der Waals surface area contributed by atoms with Crippen molar-refractivity contribution in [3.8, 4) is 0 Å². The van der Waals surface area contributed by atoms with E-state index in [1.807, 2.05) is 49.4 Å². The van der Waals surface area contributed by atoms with Gasteiger partial charge in [0.05, 0.1) is 4.90 Å². The van der Waals surface area contributed by atoms with Crippen molar-refractivity contribution < 1.29 is 18.0 Å². The molecular weight excluding hydrogens is 546 g/mol. The van der Waals surface area contributed by atoms with Crippen LogP contribution in [0.2, 0.25) is 5.02 Å². The zero-order valence-corrected chi connectivity index (χ0v) is 24.3. The Balaban J connectivity index is 1.53. The average Bonchev–Trinajstić information content (AvgIpc) is 3.77. The van der Waals surface area contributed by atoms with Crippen LogP contribution in [-0.4, -0.2) is 43.8 Å². The van der Waals surface area contributed by atoms with E-state index in [4.69, 9.17) is 11.6 Å². The van der Waals surface area contributed by atoms with Gasteiger partial charge in [0, 0.05) is 37.0 Å². The molecule has 0 radical (unpaired) electrons. The van der Waals surface area contributed by atoms with Gasteiger partial charge in [0.15, 0.2) is 0 Å². The molecule has 1 atom stereocenters. The molecule has 7 nitrogen and oxygen atoms in total. The molecule has 1 aliphatic rings. The molecule has 3 aromatic rings. The zero-order chi connectivity index (χ0) is 28.5. The summed E-state index contributed by atoms with van der Waals surface area (Å²) in [6, 6.07) is 22.9. The predicted molar refractivity (Wildman–Crippen MR) is 157 cm³/mol. The van der Waals surface area contributed by atoms with Crippen molar-refractivity contribution in [2.45, 2.75) is 69.0 Å². The highest BCUT2D eigenvalue weighted by Crippen LogP contribution is 2.23. The molecule has 4 rings (SSSR count). The monoisotopic (exact) mass is 581 g/mol. The molecule has 0 saturated heterocycles. The lowest BCUT2D eigenvalue weighted by atomic mass is 10.0. The van der Waals surface area contributed by atoms with E-state index in [1.54, 1.807) is 41.3 Å². The molecule has 1 saturated carbocycles. The second-order valence-electron chi connectivity index (χ2n) is 10.2. The Morgan fingerprint density at radius 1 is 0.925 bits per heavy atom. The number of rotatable bonds is 14. The molecule has 0 aromatic heterocycles. The quantitative estimate of drug-likeness (QED) is 0.284. The van der Waals surface area contributed by atoms with Gasteiger partial charge < -0.3 is 10.2 Å². The lowest BCUT2D eigenvalue weighted by molar-refractivity contribution is -0.141. The first-order valence-electron chi connectivity index (χ1n) is 13.7. The molecule has 0 heterocycles. The normalized spacial score (nSPS) is 13.9. The summed E-state index contributed by atoms with van der Waals surface area (Å²) in [5.41, 5.74) is 2.68. The third-order valence-electron chi connectivity index (χ3n) is 6.85. The number of aryl methyl sites for hydroxylation is 1. The third kappa shape index (κ3) is 8.65. The maximum absolute atomic E-state index is 13.8. The topological polar surface area (TPSA) is 95.6 Å². The first-order chi connectivity index (χ1) is 19.2. The van der Waals surface area contributed by atoms with Crippen molar-refractivity contribution in [3.63, 3.8) is 0 Å². The SMILES string of the molecule is CCCNC(=O)[C@@H](Cc1ccccc1)N(Cc1ccc(Cl)cc1)C(=O)CCc1ccc(S(=O)(=O)NC2CC2)cc1. The summed E-state index contributed by atoms with van der Waals surface area (Å²) in [4.78, 5) is 29.0. The highest BCUT2D eigenvalue weighted by Gasteiger charge is 2.30. The summed E-state index contributed by atoms with van der Waals surface area (Å²) >= 11 is 6.09. The van der Waals surface area contributed by atoms with Crippen LogP contribution in [0.5, 0.6) is 0 Å². The average molecular weight is 582 g/mol. The Hall–Kier alpha value is -3.20. The molecule has 2 amide bonds. The van der Waals surface area contributed by atoms with Crippen LogP contribution in [0.15, 0.2) is 83.8 Å². The van der Waals surface area contributed by atoms with Gasteiger partial charge in [0.1, 0.15) is 6.04 Å². The van der Waals surface area contributed by atoms with E-state index in [1.165, 1.54) is 0 Å². The van der Waals surface area contributed by atoms with Gasteiger partial charge in [-0.15, -0.1) is 0 Å². The molecule has 0 aliphatic heterocycles. The minimum atomic E-state index is -3.53. The highest BCUT2D eigenvalue weighted by molar-refractivity contribution is 7.89. The Morgan fingerprint density at radius 3 is 2.20 bits per heavy atom. The van der Waals surface area contributed by atoms with Crippen molar-refractivity contribution >= 4 is 33.4 Å². The smallest absolute Gasteiger partial charge is 0.243 e. The summed E-state index contributed by atoms with van der Waals surface area (Å²) in [7, 11) is -3.53. The molecular formula is C31H36ClN3O4S. The summed E-state index contributed by atoms with van der Waals surface area (Å²) in [5, 5.41) is 3.58. The van der Waals surface area contributed by atoms with Gasteiger partial charge in [-0.05, 0) is 66.6 Å². The van der Waals surface area contributed by atoms with E-state index in [0.29, 0.717) is 24.4 Å². The van der Waals surface area contributed by atoms with Crippen LogP contribution in [0.1, 0.15) is 49.3 Å². The number of sulfonamides is 1. The van der Waals surface area contributed by atoms with Crippen LogP contribution in [0.4, 0.5) is 0 Å². The van der Waals surface area contributed by atoms with Crippen LogP contribution < -0.4 is 10.0 Å². The van der Waals surface area contributed by atoms with Crippen LogP contribution >= 0.6 is 11.6 Å². The Bertz CT molecular complexity index is 1380. The van der Waals surface area contributed by atoms with Crippen molar-refractivity contribution in [2.75, 3.05) is 6.54 Å². The van der Waals surface area contributed by atoms with Crippen molar-refractivity contribution in [3.05, 3.63) is 101 Å². The van der Waals surface area contributed by atoms with E-state index in [-0.39, 0.29) is 35.7 Å². The molecule has 212 valence electrons. The lowest BCUT2D eigenvalue weighted by Gasteiger charge is -2.31.